The average molecular weight is 328 g/mol. The number of amides is 1. The van der Waals surface area contributed by atoms with Gasteiger partial charge in [0.15, 0.2) is 0 Å². The number of halogens is 2. The fourth-order valence-corrected chi connectivity index (χ4v) is 2.92. The number of rotatable bonds is 6. The maximum Gasteiger partial charge on any atom is 0.387 e. The number of benzene rings is 1. The number of ether oxygens (including phenoxy) is 1. The minimum absolute atomic E-state index is 0.0413. The number of carbonyl (C=O) groups is 1. The molecule has 1 unspecified atom stereocenters. The molecule has 0 bridgehead atoms. The molecule has 1 heterocycles. The number of likely N-dealkylation sites (tertiary alicyclic amines) is 1. The Morgan fingerprint density at radius 1 is 1.43 bits per heavy atom. The van der Waals surface area contributed by atoms with Crippen LogP contribution in [-0.2, 0) is 4.79 Å². The van der Waals surface area contributed by atoms with Crippen LogP contribution in [0.15, 0.2) is 24.3 Å². The van der Waals surface area contributed by atoms with E-state index in [-0.39, 0.29) is 24.2 Å². The predicted octanol–water partition coefficient (Wildman–Crippen LogP) is 2.46. The topological polar surface area (TPSA) is 61.8 Å². The molecule has 5 nitrogen and oxygen atoms in total. The van der Waals surface area contributed by atoms with Gasteiger partial charge in [-0.05, 0) is 57.5 Å². The number of nitrogens with one attached hydrogen (secondary N) is 1. The van der Waals surface area contributed by atoms with Crippen LogP contribution in [0.1, 0.15) is 26.7 Å². The lowest BCUT2D eigenvalue weighted by Gasteiger charge is -2.33. The SMILES string of the molecule is CC(C)(O)C1CCCN1CC(=O)Nc1ccc(OC(F)F)cc1. The van der Waals surface area contributed by atoms with E-state index >= 15 is 0 Å². The zero-order chi connectivity index (χ0) is 17.0. The Labute approximate surface area is 134 Å². The first kappa shape index (κ1) is 17.6. The molecule has 0 aliphatic carbocycles. The van der Waals surface area contributed by atoms with Crippen LogP contribution in [0.4, 0.5) is 14.5 Å². The van der Waals surface area contributed by atoms with Crippen molar-refractivity contribution in [2.75, 3.05) is 18.4 Å². The lowest BCUT2D eigenvalue weighted by atomic mass is 9.97. The van der Waals surface area contributed by atoms with Gasteiger partial charge in [0.05, 0.1) is 12.1 Å². The molecule has 1 aromatic carbocycles. The zero-order valence-electron chi connectivity index (χ0n) is 13.3. The Balaban J connectivity index is 1.89. The molecule has 128 valence electrons. The van der Waals surface area contributed by atoms with E-state index in [0.717, 1.165) is 19.4 Å². The maximum atomic E-state index is 12.1. The average Bonchev–Trinajstić information content (AvgIpc) is 2.88. The van der Waals surface area contributed by atoms with Crippen LogP contribution in [0.2, 0.25) is 0 Å². The van der Waals surface area contributed by atoms with Crippen molar-refractivity contribution in [1.82, 2.24) is 4.90 Å². The first-order chi connectivity index (χ1) is 10.8. The van der Waals surface area contributed by atoms with Gasteiger partial charge in [0.1, 0.15) is 5.75 Å². The minimum atomic E-state index is -2.87. The summed E-state index contributed by atoms with van der Waals surface area (Å²) in [5.74, 6) is -0.164. The van der Waals surface area contributed by atoms with Crippen molar-refractivity contribution in [3.63, 3.8) is 0 Å². The standard InChI is InChI=1S/C16H22F2N2O3/c1-16(2,22)13-4-3-9-20(13)10-14(21)19-11-5-7-12(8-6-11)23-15(17)18/h5-8,13,15,22H,3-4,9-10H2,1-2H3,(H,19,21). The highest BCUT2D eigenvalue weighted by Gasteiger charge is 2.36. The monoisotopic (exact) mass is 328 g/mol. The van der Waals surface area contributed by atoms with Crippen LogP contribution in [0, 0.1) is 0 Å². The number of hydrogen-bond donors (Lipinski definition) is 2. The summed E-state index contributed by atoms with van der Waals surface area (Å²) in [6.07, 6.45) is 1.80. The number of nitrogens with zero attached hydrogens (tertiary/aromatic N) is 1. The van der Waals surface area contributed by atoms with Gasteiger partial charge in [0.2, 0.25) is 5.91 Å². The Morgan fingerprint density at radius 3 is 2.65 bits per heavy atom. The van der Waals surface area contributed by atoms with E-state index in [4.69, 9.17) is 0 Å². The first-order valence-electron chi connectivity index (χ1n) is 7.57. The molecule has 0 saturated carbocycles. The number of aliphatic hydroxyl groups is 1. The van der Waals surface area contributed by atoms with Crippen LogP contribution in [0.25, 0.3) is 0 Å². The summed E-state index contributed by atoms with van der Waals surface area (Å²) in [6.45, 7) is 1.57. The van der Waals surface area contributed by atoms with Crippen molar-refractivity contribution < 1.29 is 23.4 Å². The van der Waals surface area contributed by atoms with E-state index in [2.05, 4.69) is 10.1 Å². The van der Waals surface area contributed by atoms with E-state index in [1.54, 1.807) is 13.8 Å². The summed E-state index contributed by atoms with van der Waals surface area (Å²) in [6, 6.07) is 5.71. The Morgan fingerprint density at radius 2 is 2.09 bits per heavy atom. The van der Waals surface area contributed by atoms with Crippen molar-refractivity contribution >= 4 is 11.6 Å². The molecule has 0 spiro atoms. The lowest BCUT2D eigenvalue weighted by molar-refractivity contribution is -0.118. The fourth-order valence-electron chi connectivity index (χ4n) is 2.92. The van der Waals surface area contributed by atoms with Crippen molar-refractivity contribution in [1.29, 1.82) is 0 Å². The van der Waals surface area contributed by atoms with E-state index in [1.807, 2.05) is 4.90 Å². The highest BCUT2D eigenvalue weighted by molar-refractivity contribution is 5.92. The normalized spacial score (nSPS) is 19.1. The van der Waals surface area contributed by atoms with Crippen LogP contribution in [-0.4, -0.2) is 47.3 Å². The third kappa shape index (κ3) is 5.14. The third-order valence-corrected chi connectivity index (χ3v) is 3.89. The van der Waals surface area contributed by atoms with E-state index in [9.17, 15) is 18.7 Å². The highest BCUT2D eigenvalue weighted by Crippen LogP contribution is 2.26. The molecular formula is C16H22F2N2O3. The molecule has 1 aliphatic rings. The van der Waals surface area contributed by atoms with Gasteiger partial charge in [-0.2, -0.15) is 8.78 Å². The molecule has 1 atom stereocenters. The van der Waals surface area contributed by atoms with Gasteiger partial charge in [-0.15, -0.1) is 0 Å². The van der Waals surface area contributed by atoms with Gasteiger partial charge in [-0.1, -0.05) is 0 Å². The second-order valence-corrected chi connectivity index (χ2v) is 6.23. The summed E-state index contributed by atoms with van der Waals surface area (Å²) in [7, 11) is 0. The summed E-state index contributed by atoms with van der Waals surface area (Å²) in [5, 5.41) is 12.9. The summed E-state index contributed by atoms with van der Waals surface area (Å²) >= 11 is 0. The van der Waals surface area contributed by atoms with Crippen molar-refractivity contribution in [2.45, 2.75) is 44.9 Å². The zero-order valence-corrected chi connectivity index (χ0v) is 13.3. The largest absolute Gasteiger partial charge is 0.435 e. The van der Waals surface area contributed by atoms with Crippen LogP contribution in [0.3, 0.4) is 0 Å². The fraction of sp³-hybridized carbons (Fsp3) is 0.562. The molecule has 23 heavy (non-hydrogen) atoms. The molecule has 1 amide bonds. The van der Waals surface area contributed by atoms with E-state index in [0.29, 0.717) is 5.69 Å². The molecule has 2 N–H and O–H groups in total. The van der Waals surface area contributed by atoms with Gasteiger partial charge in [0, 0.05) is 11.7 Å². The smallest absolute Gasteiger partial charge is 0.387 e. The number of hydrogen-bond acceptors (Lipinski definition) is 4. The van der Waals surface area contributed by atoms with Crippen LogP contribution < -0.4 is 10.1 Å². The molecule has 2 rings (SSSR count). The molecule has 1 saturated heterocycles. The maximum absolute atomic E-state index is 12.1. The van der Waals surface area contributed by atoms with E-state index in [1.165, 1.54) is 24.3 Å². The molecule has 1 fully saturated rings. The number of anilines is 1. The molecule has 0 aromatic heterocycles. The van der Waals surface area contributed by atoms with Gasteiger partial charge in [-0.3, -0.25) is 9.69 Å². The Hall–Kier alpha value is -1.73. The second-order valence-electron chi connectivity index (χ2n) is 6.23. The summed E-state index contributed by atoms with van der Waals surface area (Å²) in [5.41, 5.74) is -0.346. The molecule has 0 radical (unpaired) electrons. The molecule has 1 aliphatic heterocycles. The van der Waals surface area contributed by atoms with Crippen LogP contribution >= 0.6 is 0 Å². The minimum Gasteiger partial charge on any atom is -0.435 e. The Kier molecular flexibility index (Phi) is 5.54. The molecular weight excluding hydrogens is 306 g/mol. The molecule has 7 heteroatoms. The van der Waals surface area contributed by atoms with Crippen molar-refractivity contribution in [3.05, 3.63) is 24.3 Å². The Bertz CT molecular complexity index is 529. The van der Waals surface area contributed by atoms with Crippen molar-refractivity contribution in [3.8, 4) is 5.75 Å². The molecule has 1 aromatic rings. The van der Waals surface area contributed by atoms with Gasteiger partial charge >= 0.3 is 6.61 Å². The van der Waals surface area contributed by atoms with Gasteiger partial charge in [-0.25, -0.2) is 0 Å². The second kappa shape index (κ2) is 7.23. The van der Waals surface area contributed by atoms with Gasteiger partial charge < -0.3 is 15.2 Å². The highest BCUT2D eigenvalue weighted by atomic mass is 19.3. The lowest BCUT2D eigenvalue weighted by Crippen LogP contribution is -2.48. The summed E-state index contributed by atoms with van der Waals surface area (Å²) < 4.78 is 28.4. The predicted molar refractivity (Wildman–Crippen MR) is 82.6 cm³/mol. The number of alkyl halides is 2. The van der Waals surface area contributed by atoms with E-state index < -0.39 is 12.2 Å². The number of carbonyl (C=O) groups excluding carboxylic acids is 1. The van der Waals surface area contributed by atoms with Crippen molar-refractivity contribution in [2.24, 2.45) is 0 Å². The third-order valence-electron chi connectivity index (χ3n) is 3.89. The quantitative estimate of drug-likeness (QED) is 0.842. The first-order valence-corrected chi connectivity index (χ1v) is 7.57. The van der Waals surface area contributed by atoms with Crippen LogP contribution in [0.5, 0.6) is 5.75 Å². The van der Waals surface area contributed by atoms with Gasteiger partial charge in [0.25, 0.3) is 0 Å². The summed E-state index contributed by atoms with van der Waals surface area (Å²) in [4.78, 5) is 14.1.